The molecule has 0 fully saturated rings. The summed E-state index contributed by atoms with van der Waals surface area (Å²) >= 11 is 0. The van der Waals surface area contributed by atoms with Crippen LogP contribution in [0, 0.1) is 0 Å². The van der Waals surface area contributed by atoms with Crippen LogP contribution in [0.4, 0.5) is 0 Å². The summed E-state index contributed by atoms with van der Waals surface area (Å²) in [6, 6.07) is 8.85. The van der Waals surface area contributed by atoms with Gasteiger partial charge in [0.05, 0.1) is 0 Å². The molecule has 0 unspecified atom stereocenters. The van der Waals surface area contributed by atoms with Crippen LogP contribution in [0.1, 0.15) is 17.5 Å². The lowest BCUT2D eigenvalue weighted by atomic mass is 10.0. The van der Waals surface area contributed by atoms with Gasteiger partial charge in [-0.15, -0.1) is 0 Å². The van der Waals surface area contributed by atoms with Crippen molar-refractivity contribution >= 4 is 0 Å². The molecule has 2 nitrogen and oxygen atoms in total. The molecule has 0 bridgehead atoms. The van der Waals surface area contributed by atoms with E-state index >= 15 is 0 Å². The number of benzene rings is 1. The van der Waals surface area contributed by atoms with E-state index in [4.69, 9.17) is 0 Å². The first-order valence-corrected chi connectivity index (χ1v) is 5.84. The number of hydrogen-bond donors (Lipinski definition) is 1. The number of fused-ring (bicyclic) bond motifs is 1. The summed E-state index contributed by atoms with van der Waals surface area (Å²) in [7, 11) is 2.02. The van der Waals surface area contributed by atoms with Gasteiger partial charge in [-0.1, -0.05) is 24.3 Å². The summed E-state index contributed by atoms with van der Waals surface area (Å²) in [6.45, 7) is 4.60. The molecule has 0 atom stereocenters. The molecule has 1 aliphatic heterocycles. The lowest BCUT2D eigenvalue weighted by Gasteiger charge is -2.19. The number of likely N-dealkylation sites (N-methyl/N-ethyl adjacent to an activating group) is 1. The molecule has 1 heterocycles. The van der Waals surface area contributed by atoms with E-state index in [2.05, 4.69) is 34.5 Å². The van der Waals surface area contributed by atoms with E-state index in [1.54, 1.807) is 5.56 Å². The number of aryl methyl sites for hydroxylation is 1. The molecule has 0 aliphatic carbocycles. The zero-order valence-corrected chi connectivity index (χ0v) is 9.50. The van der Waals surface area contributed by atoms with E-state index in [1.807, 2.05) is 7.05 Å². The first-order valence-electron chi connectivity index (χ1n) is 5.84. The molecule has 0 radical (unpaired) electrons. The average Bonchev–Trinajstić information content (AvgIpc) is 2.47. The van der Waals surface area contributed by atoms with Crippen LogP contribution in [0.15, 0.2) is 24.3 Å². The van der Waals surface area contributed by atoms with Crippen molar-refractivity contribution in [1.29, 1.82) is 0 Å². The number of hydrogen-bond acceptors (Lipinski definition) is 2. The van der Waals surface area contributed by atoms with E-state index in [-0.39, 0.29) is 0 Å². The first-order chi connectivity index (χ1) is 7.40. The second-order valence-corrected chi connectivity index (χ2v) is 4.25. The number of rotatable bonds is 3. The van der Waals surface area contributed by atoms with Crippen molar-refractivity contribution in [1.82, 2.24) is 10.2 Å². The van der Waals surface area contributed by atoms with Gasteiger partial charge in [-0.2, -0.15) is 0 Å². The highest BCUT2D eigenvalue weighted by Crippen LogP contribution is 2.17. The second-order valence-electron chi connectivity index (χ2n) is 4.25. The smallest absolute Gasteiger partial charge is 0.0237 e. The van der Waals surface area contributed by atoms with Crippen LogP contribution in [0.5, 0.6) is 0 Å². The maximum atomic E-state index is 3.22. The lowest BCUT2D eigenvalue weighted by molar-refractivity contribution is 0.271. The second kappa shape index (κ2) is 5.29. The highest BCUT2D eigenvalue weighted by molar-refractivity contribution is 5.27. The minimum atomic E-state index is 1.09. The normalized spacial score (nSPS) is 17.1. The highest BCUT2D eigenvalue weighted by Gasteiger charge is 2.12. The summed E-state index contributed by atoms with van der Waals surface area (Å²) in [5.74, 6) is 0. The summed E-state index contributed by atoms with van der Waals surface area (Å²) in [6.07, 6.45) is 2.53. The Hall–Kier alpha value is -0.860. The zero-order valence-electron chi connectivity index (χ0n) is 9.50. The van der Waals surface area contributed by atoms with Gasteiger partial charge in [0.15, 0.2) is 0 Å². The third kappa shape index (κ3) is 2.80. The van der Waals surface area contributed by atoms with Crippen molar-refractivity contribution in [3.05, 3.63) is 35.4 Å². The molecule has 2 heteroatoms. The van der Waals surface area contributed by atoms with Crippen molar-refractivity contribution in [2.45, 2.75) is 19.4 Å². The highest BCUT2D eigenvalue weighted by atomic mass is 15.1. The predicted molar refractivity (Wildman–Crippen MR) is 64.0 cm³/mol. The molecular weight excluding hydrogens is 184 g/mol. The van der Waals surface area contributed by atoms with Crippen LogP contribution in [0.25, 0.3) is 0 Å². The number of nitrogens with zero attached hydrogens (tertiary/aromatic N) is 1. The third-order valence-electron chi connectivity index (χ3n) is 3.11. The van der Waals surface area contributed by atoms with E-state index in [1.165, 1.54) is 24.9 Å². The Morgan fingerprint density at radius 2 is 2.07 bits per heavy atom. The molecule has 0 amide bonds. The Bertz CT molecular complexity index is 307. The SMILES string of the molecule is CNCCN1CCCc2ccccc2C1. The minimum Gasteiger partial charge on any atom is -0.318 e. The van der Waals surface area contributed by atoms with Gasteiger partial charge in [-0.25, -0.2) is 0 Å². The molecule has 2 rings (SSSR count). The lowest BCUT2D eigenvalue weighted by Crippen LogP contribution is -2.30. The van der Waals surface area contributed by atoms with E-state index in [9.17, 15) is 0 Å². The fourth-order valence-corrected chi connectivity index (χ4v) is 2.23. The topological polar surface area (TPSA) is 15.3 Å². The van der Waals surface area contributed by atoms with Crippen LogP contribution < -0.4 is 5.32 Å². The molecule has 82 valence electrons. The van der Waals surface area contributed by atoms with Gasteiger partial charge < -0.3 is 5.32 Å². The molecule has 0 spiro atoms. The van der Waals surface area contributed by atoms with Gasteiger partial charge >= 0.3 is 0 Å². The van der Waals surface area contributed by atoms with Gasteiger partial charge in [0, 0.05) is 19.6 Å². The summed E-state index contributed by atoms with van der Waals surface area (Å²) in [4.78, 5) is 2.54. The Kier molecular flexibility index (Phi) is 3.75. The summed E-state index contributed by atoms with van der Waals surface area (Å²) in [5.41, 5.74) is 3.07. The van der Waals surface area contributed by atoms with Crippen LogP contribution in [0.2, 0.25) is 0 Å². The largest absolute Gasteiger partial charge is 0.318 e. The molecule has 1 aliphatic rings. The summed E-state index contributed by atoms with van der Waals surface area (Å²) in [5, 5.41) is 3.22. The Morgan fingerprint density at radius 3 is 2.87 bits per heavy atom. The molecule has 0 saturated heterocycles. The van der Waals surface area contributed by atoms with Crippen LogP contribution in [0.3, 0.4) is 0 Å². The van der Waals surface area contributed by atoms with Gasteiger partial charge in [-0.3, -0.25) is 4.90 Å². The fourth-order valence-electron chi connectivity index (χ4n) is 2.23. The Morgan fingerprint density at radius 1 is 1.27 bits per heavy atom. The fraction of sp³-hybridized carbons (Fsp3) is 0.538. The van der Waals surface area contributed by atoms with Gasteiger partial charge in [0.25, 0.3) is 0 Å². The van der Waals surface area contributed by atoms with Crippen molar-refractivity contribution in [2.75, 3.05) is 26.7 Å². The zero-order chi connectivity index (χ0) is 10.5. The van der Waals surface area contributed by atoms with Crippen molar-refractivity contribution in [3.63, 3.8) is 0 Å². The molecule has 15 heavy (non-hydrogen) atoms. The predicted octanol–water partition coefficient (Wildman–Crippen LogP) is 1.65. The van der Waals surface area contributed by atoms with Gasteiger partial charge in [-0.05, 0) is 37.6 Å². The van der Waals surface area contributed by atoms with Crippen molar-refractivity contribution in [2.24, 2.45) is 0 Å². The minimum absolute atomic E-state index is 1.09. The molecule has 1 aromatic rings. The number of nitrogens with one attached hydrogen (secondary N) is 1. The first kappa shape index (κ1) is 10.7. The average molecular weight is 204 g/mol. The van der Waals surface area contributed by atoms with Crippen LogP contribution in [-0.2, 0) is 13.0 Å². The monoisotopic (exact) mass is 204 g/mol. The quantitative estimate of drug-likeness (QED) is 0.805. The summed E-state index contributed by atoms with van der Waals surface area (Å²) < 4.78 is 0. The maximum absolute atomic E-state index is 3.22. The van der Waals surface area contributed by atoms with E-state index in [0.29, 0.717) is 0 Å². The molecular formula is C13H20N2. The van der Waals surface area contributed by atoms with Crippen LogP contribution in [-0.4, -0.2) is 31.6 Å². The molecule has 1 aromatic carbocycles. The maximum Gasteiger partial charge on any atom is 0.0237 e. The standard InChI is InChI=1S/C13H20N2/c1-14-8-10-15-9-4-7-12-5-2-3-6-13(12)11-15/h2-3,5-6,14H,4,7-11H2,1H3. The Balaban J connectivity index is 2.04. The van der Waals surface area contributed by atoms with Crippen molar-refractivity contribution in [3.8, 4) is 0 Å². The van der Waals surface area contributed by atoms with E-state index < -0.39 is 0 Å². The third-order valence-corrected chi connectivity index (χ3v) is 3.11. The van der Waals surface area contributed by atoms with E-state index in [0.717, 1.165) is 19.6 Å². The van der Waals surface area contributed by atoms with Gasteiger partial charge in [0.1, 0.15) is 0 Å². The van der Waals surface area contributed by atoms with Crippen LogP contribution >= 0.6 is 0 Å². The molecule has 1 N–H and O–H groups in total. The molecule has 0 saturated carbocycles. The van der Waals surface area contributed by atoms with Crippen molar-refractivity contribution < 1.29 is 0 Å². The van der Waals surface area contributed by atoms with Gasteiger partial charge in [0.2, 0.25) is 0 Å². The Labute approximate surface area is 92.3 Å². The molecule has 0 aromatic heterocycles.